The number of rotatable bonds is 7. The summed E-state index contributed by atoms with van der Waals surface area (Å²) in [6, 6.07) is 10.5. The van der Waals surface area contributed by atoms with Crippen molar-refractivity contribution in [2.75, 3.05) is 7.11 Å². The van der Waals surface area contributed by atoms with Crippen LogP contribution in [0.1, 0.15) is 21.6 Å². The smallest absolute Gasteiger partial charge is 0.320 e. The third-order valence-electron chi connectivity index (χ3n) is 4.07. The highest BCUT2D eigenvalue weighted by molar-refractivity contribution is 9.10. The number of nitro groups is 1. The summed E-state index contributed by atoms with van der Waals surface area (Å²) in [5.74, 6) is -0.822. The number of phenols is 1. The van der Waals surface area contributed by atoms with E-state index >= 15 is 0 Å². The lowest BCUT2D eigenvalue weighted by atomic mass is 10.2. The number of hydrogen-bond donors (Lipinski definition) is 2. The molecule has 0 aliphatic carbocycles. The minimum Gasteiger partial charge on any atom is -0.504 e. The third kappa shape index (κ3) is 5.47. The van der Waals surface area contributed by atoms with Gasteiger partial charge in [0.1, 0.15) is 6.20 Å². The molecule has 0 fully saturated rings. The Hall–Kier alpha value is -3.25. The number of amides is 1. The van der Waals surface area contributed by atoms with Gasteiger partial charge < -0.3 is 9.84 Å². The van der Waals surface area contributed by atoms with Gasteiger partial charge in [0, 0.05) is 14.5 Å². The predicted molar refractivity (Wildman–Crippen MR) is 120 cm³/mol. The molecule has 3 rings (SSSR count). The Labute approximate surface area is 192 Å². The molecule has 1 amide bonds. The van der Waals surface area contributed by atoms with E-state index in [2.05, 4.69) is 47.5 Å². The van der Waals surface area contributed by atoms with E-state index < -0.39 is 16.5 Å². The lowest BCUT2D eigenvalue weighted by molar-refractivity contribution is -0.385. The van der Waals surface area contributed by atoms with E-state index in [1.54, 1.807) is 12.1 Å². The van der Waals surface area contributed by atoms with Crippen molar-refractivity contribution in [3.63, 3.8) is 0 Å². The molecule has 2 N–H and O–H groups in total. The highest BCUT2D eigenvalue weighted by atomic mass is 79.9. The van der Waals surface area contributed by atoms with Gasteiger partial charge in [-0.1, -0.05) is 44.0 Å². The molecule has 12 heteroatoms. The second kappa shape index (κ2) is 9.71. The van der Waals surface area contributed by atoms with Crippen molar-refractivity contribution in [1.29, 1.82) is 0 Å². The van der Waals surface area contributed by atoms with Crippen LogP contribution in [0.3, 0.4) is 0 Å². The number of halogens is 2. The number of carbonyl (C=O) groups excluding carboxylic acids is 1. The molecule has 0 radical (unpaired) electrons. The van der Waals surface area contributed by atoms with Crippen molar-refractivity contribution < 1.29 is 19.6 Å². The van der Waals surface area contributed by atoms with Crippen molar-refractivity contribution in [3.05, 3.63) is 78.5 Å². The molecule has 0 bridgehead atoms. The van der Waals surface area contributed by atoms with Gasteiger partial charge in [-0.15, -0.1) is 0 Å². The van der Waals surface area contributed by atoms with Crippen LogP contribution < -0.4 is 10.2 Å². The average Bonchev–Trinajstić information content (AvgIpc) is 3.16. The number of methoxy groups -OCH3 is 1. The Balaban J connectivity index is 1.79. The quantitative estimate of drug-likeness (QED) is 0.260. The monoisotopic (exact) mass is 551 g/mol. The molecule has 0 saturated carbocycles. The van der Waals surface area contributed by atoms with Gasteiger partial charge in [0.05, 0.1) is 24.8 Å². The topological polar surface area (TPSA) is 132 Å². The summed E-state index contributed by atoms with van der Waals surface area (Å²) < 4.78 is 7.87. The zero-order valence-corrected chi connectivity index (χ0v) is 19.1. The number of carbonyl (C=O) groups is 1. The minimum absolute atomic E-state index is 0.173. The van der Waals surface area contributed by atoms with E-state index in [9.17, 15) is 20.0 Å². The zero-order valence-electron chi connectivity index (χ0n) is 16.0. The second-order valence-electron chi connectivity index (χ2n) is 6.19. The first-order valence-corrected chi connectivity index (χ1v) is 10.2. The summed E-state index contributed by atoms with van der Waals surface area (Å²) in [5, 5.41) is 29.3. The van der Waals surface area contributed by atoms with Gasteiger partial charge in [-0.25, -0.2) is 5.43 Å². The molecule has 0 aliphatic heterocycles. The van der Waals surface area contributed by atoms with Gasteiger partial charge >= 0.3 is 5.69 Å². The number of hydrogen-bond acceptors (Lipinski definition) is 7. The standard InChI is InChI=1S/C19H15Br2N5O5/c1-31-16-7-14(21)6-12(18(16)27)8-22-23-19(28)17-15(26(29)30)10-25(24-17)9-11-2-4-13(20)5-3-11/h2-8,10,27H,9H2,1H3,(H,23,28). The Morgan fingerprint density at radius 3 is 2.68 bits per heavy atom. The van der Waals surface area contributed by atoms with Crippen LogP contribution in [-0.4, -0.2) is 39.0 Å². The summed E-state index contributed by atoms with van der Waals surface area (Å²) in [4.78, 5) is 23.1. The van der Waals surface area contributed by atoms with E-state index in [1.807, 2.05) is 24.3 Å². The fraction of sp³-hybridized carbons (Fsp3) is 0.105. The number of hydrazone groups is 1. The molecule has 0 saturated heterocycles. The van der Waals surface area contributed by atoms with Crippen LogP contribution in [0.15, 0.2) is 56.6 Å². The van der Waals surface area contributed by atoms with Gasteiger partial charge in [-0.05, 0) is 29.8 Å². The number of aromatic nitrogens is 2. The van der Waals surface area contributed by atoms with E-state index in [0.29, 0.717) is 4.47 Å². The van der Waals surface area contributed by atoms with Crippen molar-refractivity contribution >= 4 is 49.7 Å². The molecule has 31 heavy (non-hydrogen) atoms. The molecule has 10 nitrogen and oxygen atoms in total. The van der Waals surface area contributed by atoms with Crippen LogP contribution >= 0.6 is 31.9 Å². The predicted octanol–water partition coefficient (Wildman–Crippen LogP) is 3.84. The summed E-state index contributed by atoms with van der Waals surface area (Å²) >= 11 is 6.61. The third-order valence-corrected chi connectivity index (χ3v) is 5.06. The lowest BCUT2D eigenvalue weighted by Crippen LogP contribution is -2.19. The minimum atomic E-state index is -0.862. The molecule has 0 atom stereocenters. The van der Waals surface area contributed by atoms with E-state index in [4.69, 9.17) is 4.74 Å². The Morgan fingerprint density at radius 1 is 1.32 bits per heavy atom. The van der Waals surface area contributed by atoms with Crippen LogP contribution in [0.4, 0.5) is 5.69 Å². The molecule has 160 valence electrons. The van der Waals surface area contributed by atoms with E-state index in [1.165, 1.54) is 24.2 Å². The fourth-order valence-electron chi connectivity index (χ4n) is 2.63. The fourth-order valence-corrected chi connectivity index (χ4v) is 3.34. The molecule has 3 aromatic rings. The molecule has 1 aromatic heterocycles. The van der Waals surface area contributed by atoms with Crippen LogP contribution in [0.5, 0.6) is 11.5 Å². The summed E-state index contributed by atoms with van der Waals surface area (Å²) in [5.41, 5.74) is 2.48. The summed E-state index contributed by atoms with van der Waals surface area (Å²) in [6.45, 7) is 0.246. The lowest BCUT2D eigenvalue weighted by Gasteiger charge is -2.06. The first-order valence-electron chi connectivity index (χ1n) is 8.64. The van der Waals surface area contributed by atoms with Crippen molar-refractivity contribution in [2.24, 2.45) is 5.10 Å². The van der Waals surface area contributed by atoms with Crippen molar-refractivity contribution in [2.45, 2.75) is 6.54 Å². The maximum Gasteiger partial charge on any atom is 0.320 e. The first-order chi connectivity index (χ1) is 14.8. The number of phenolic OH excluding ortho intramolecular Hbond substituents is 1. The molecule has 0 aliphatic rings. The maximum absolute atomic E-state index is 12.4. The van der Waals surface area contributed by atoms with E-state index in [-0.39, 0.29) is 29.3 Å². The average molecular weight is 553 g/mol. The first kappa shape index (κ1) is 22.4. The Bertz CT molecular complexity index is 1160. The van der Waals surface area contributed by atoms with E-state index in [0.717, 1.165) is 10.0 Å². The Kier molecular flexibility index (Phi) is 7.02. The summed E-state index contributed by atoms with van der Waals surface area (Å²) in [7, 11) is 1.40. The largest absolute Gasteiger partial charge is 0.504 e. The highest BCUT2D eigenvalue weighted by Crippen LogP contribution is 2.32. The van der Waals surface area contributed by atoms with Crippen LogP contribution in [0, 0.1) is 10.1 Å². The van der Waals surface area contributed by atoms with Gasteiger partial charge in [-0.2, -0.15) is 10.2 Å². The number of nitrogens with zero attached hydrogens (tertiary/aromatic N) is 4. The van der Waals surface area contributed by atoms with Crippen LogP contribution in [-0.2, 0) is 6.54 Å². The SMILES string of the molecule is COc1cc(Br)cc(C=NNC(=O)c2nn(Cc3ccc(Br)cc3)cc2[N+](=O)[O-])c1O. The zero-order chi connectivity index (χ0) is 22.5. The molecule has 0 spiro atoms. The number of ether oxygens (including phenoxy) is 1. The van der Waals surface area contributed by atoms with Gasteiger partial charge in [0.25, 0.3) is 5.91 Å². The Morgan fingerprint density at radius 2 is 2.03 bits per heavy atom. The highest BCUT2D eigenvalue weighted by Gasteiger charge is 2.25. The number of aromatic hydroxyl groups is 1. The van der Waals surface area contributed by atoms with Crippen LogP contribution in [0.25, 0.3) is 0 Å². The summed E-state index contributed by atoms with van der Waals surface area (Å²) in [6.07, 6.45) is 2.37. The van der Waals surface area contributed by atoms with Gasteiger partial charge in [0.15, 0.2) is 11.5 Å². The second-order valence-corrected chi connectivity index (χ2v) is 8.02. The molecule has 1 heterocycles. The molecule has 2 aromatic carbocycles. The molecular formula is C19H15Br2N5O5. The van der Waals surface area contributed by atoms with Crippen molar-refractivity contribution in [3.8, 4) is 11.5 Å². The maximum atomic E-state index is 12.4. The number of nitrogens with one attached hydrogen (secondary N) is 1. The van der Waals surface area contributed by atoms with Crippen molar-refractivity contribution in [1.82, 2.24) is 15.2 Å². The number of benzene rings is 2. The van der Waals surface area contributed by atoms with Gasteiger partial charge in [0.2, 0.25) is 5.69 Å². The molecule has 0 unspecified atom stereocenters. The van der Waals surface area contributed by atoms with Gasteiger partial charge in [-0.3, -0.25) is 19.6 Å². The normalized spacial score (nSPS) is 10.9. The van der Waals surface area contributed by atoms with Crippen LogP contribution in [0.2, 0.25) is 0 Å². The molecular weight excluding hydrogens is 538 g/mol.